The van der Waals surface area contributed by atoms with Gasteiger partial charge in [0.15, 0.2) is 10.1 Å². The van der Waals surface area contributed by atoms with Crippen molar-refractivity contribution in [3.63, 3.8) is 0 Å². The normalized spacial score (nSPS) is 16.7. The molecule has 12 heteroatoms. The van der Waals surface area contributed by atoms with E-state index in [2.05, 4.69) is 15.2 Å². The Labute approximate surface area is 247 Å². The Kier molecular flexibility index (Phi) is 7.10. The molecule has 8 nitrogen and oxygen atoms in total. The van der Waals surface area contributed by atoms with Crippen LogP contribution in [-0.2, 0) is 15.3 Å². The topological polar surface area (TPSA) is 101 Å². The third kappa shape index (κ3) is 4.90. The van der Waals surface area contributed by atoms with Crippen molar-refractivity contribution in [1.82, 2.24) is 19.6 Å². The van der Waals surface area contributed by atoms with Crippen molar-refractivity contribution in [2.75, 3.05) is 4.90 Å². The number of thioether (sulfide) groups is 1. The zero-order valence-corrected chi connectivity index (χ0v) is 24.1. The molecular weight excluding hydrogens is 585 g/mol. The van der Waals surface area contributed by atoms with E-state index >= 15 is 0 Å². The van der Waals surface area contributed by atoms with E-state index in [1.54, 1.807) is 43.3 Å². The number of ketones is 1. The fourth-order valence-corrected chi connectivity index (χ4v) is 6.80. The molecule has 0 radical (unpaired) electrons. The lowest BCUT2D eigenvalue weighted by atomic mass is 9.96. The van der Waals surface area contributed by atoms with Crippen LogP contribution in [0.2, 0.25) is 5.02 Å². The summed E-state index contributed by atoms with van der Waals surface area (Å²) in [6.07, 6.45) is 1.82. The number of carbonyl (C=O) groups is 2. The molecule has 3 aromatic heterocycles. The van der Waals surface area contributed by atoms with Crippen LogP contribution >= 0.6 is 34.7 Å². The molecule has 0 saturated carbocycles. The van der Waals surface area contributed by atoms with Gasteiger partial charge in [0.1, 0.15) is 17.2 Å². The number of anilines is 1. The number of pyridine rings is 1. The van der Waals surface area contributed by atoms with Crippen molar-refractivity contribution in [2.45, 2.75) is 30.0 Å². The minimum absolute atomic E-state index is 0.114. The molecule has 41 heavy (non-hydrogen) atoms. The lowest BCUT2D eigenvalue weighted by Crippen LogP contribution is -2.29. The van der Waals surface area contributed by atoms with Crippen LogP contribution in [0.4, 0.5) is 9.52 Å². The Balaban J connectivity index is 1.43. The largest absolute Gasteiger partial charge is 0.505 e. The second-order valence-corrected chi connectivity index (χ2v) is 12.0. The molecule has 2 aromatic carbocycles. The summed E-state index contributed by atoms with van der Waals surface area (Å²) in [6, 6.07) is 15.7. The average molecular weight is 606 g/mol. The van der Waals surface area contributed by atoms with Crippen LogP contribution in [0, 0.1) is 19.7 Å². The number of carbonyl (C=O) groups excluding carboxylic acids is 2. The first-order valence-electron chi connectivity index (χ1n) is 12.4. The van der Waals surface area contributed by atoms with Crippen LogP contribution in [0.1, 0.15) is 34.1 Å². The summed E-state index contributed by atoms with van der Waals surface area (Å²) >= 11 is 8.83. The Morgan fingerprint density at radius 1 is 1.10 bits per heavy atom. The first-order chi connectivity index (χ1) is 19.7. The van der Waals surface area contributed by atoms with Crippen molar-refractivity contribution in [3.8, 4) is 0 Å². The van der Waals surface area contributed by atoms with Gasteiger partial charge in [-0.15, -0.1) is 10.2 Å². The number of amides is 1. The van der Waals surface area contributed by atoms with Crippen LogP contribution in [0.3, 0.4) is 0 Å². The molecule has 6 rings (SSSR count). The lowest BCUT2D eigenvalue weighted by Gasteiger charge is -2.22. The minimum atomic E-state index is -1.01. The highest BCUT2D eigenvalue weighted by Crippen LogP contribution is 2.44. The summed E-state index contributed by atoms with van der Waals surface area (Å²) in [4.78, 5) is 32.9. The number of aryl methyl sites for hydroxylation is 2. The van der Waals surface area contributed by atoms with Gasteiger partial charge in [-0.25, -0.2) is 9.37 Å². The number of aliphatic hydroxyl groups excluding tert-OH is 1. The number of hydrogen-bond acceptors (Lipinski definition) is 8. The monoisotopic (exact) mass is 605 g/mol. The third-order valence-corrected chi connectivity index (χ3v) is 9.16. The second kappa shape index (κ2) is 10.7. The zero-order chi connectivity index (χ0) is 28.8. The molecule has 0 bridgehead atoms. The first-order valence-corrected chi connectivity index (χ1v) is 14.6. The summed E-state index contributed by atoms with van der Waals surface area (Å²) in [5.41, 5.74) is 3.65. The van der Waals surface area contributed by atoms with E-state index < -0.39 is 17.7 Å². The van der Waals surface area contributed by atoms with E-state index in [4.69, 9.17) is 11.6 Å². The molecule has 1 unspecified atom stereocenters. The molecule has 4 heterocycles. The van der Waals surface area contributed by atoms with Crippen LogP contribution in [0.25, 0.3) is 11.4 Å². The summed E-state index contributed by atoms with van der Waals surface area (Å²) in [6.45, 7) is 3.69. The number of rotatable bonds is 6. The number of Topliss-reactive ketones (excluding diaryl/α,β-unsaturated/α-hetero) is 1. The number of aliphatic hydroxyl groups is 1. The maximum Gasteiger partial charge on any atom is 0.301 e. The van der Waals surface area contributed by atoms with Gasteiger partial charge in [0.2, 0.25) is 5.13 Å². The molecule has 5 aromatic rings. The summed E-state index contributed by atoms with van der Waals surface area (Å²) in [5.74, 6) is -1.90. The highest BCUT2D eigenvalue weighted by molar-refractivity contribution is 8.00. The molecule has 1 amide bonds. The zero-order valence-electron chi connectivity index (χ0n) is 21.7. The third-order valence-electron chi connectivity index (χ3n) is 6.79. The van der Waals surface area contributed by atoms with Gasteiger partial charge < -0.3 is 9.51 Å². The summed E-state index contributed by atoms with van der Waals surface area (Å²) < 4.78 is 15.6. The highest BCUT2D eigenvalue weighted by atomic mass is 35.5. The van der Waals surface area contributed by atoms with Gasteiger partial charge in [-0.2, -0.15) is 0 Å². The van der Waals surface area contributed by atoms with E-state index in [9.17, 15) is 19.1 Å². The van der Waals surface area contributed by atoms with Gasteiger partial charge in [0.25, 0.3) is 5.78 Å². The van der Waals surface area contributed by atoms with Gasteiger partial charge in [-0.1, -0.05) is 65.0 Å². The van der Waals surface area contributed by atoms with Crippen molar-refractivity contribution in [1.29, 1.82) is 0 Å². The number of aromatic nitrogens is 4. The van der Waals surface area contributed by atoms with E-state index in [0.717, 1.165) is 22.5 Å². The van der Waals surface area contributed by atoms with Gasteiger partial charge in [0.05, 0.1) is 17.3 Å². The highest BCUT2D eigenvalue weighted by Gasteiger charge is 2.49. The second-order valence-electron chi connectivity index (χ2n) is 9.42. The van der Waals surface area contributed by atoms with Crippen molar-refractivity contribution in [2.24, 2.45) is 0 Å². The fourth-order valence-electron chi connectivity index (χ4n) is 4.78. The van der Waals surface area contributed by atoms with E-state index in [1.807, 2.05) is 29.7 Å². The van der Waals surface area contributed by atoms with Gasteiger partial charge in [-0.3, -0.25) is 14.5 Å². The van der Waals surface area contributed by atoms with E-state index in [0.29, 0.717) is 32.0 Å². The molecule has 1 saturated heterocycles. The predicted octanol–water partition coefficient (Wildman–Crippen LogP) is 6.51. The van der Waals surface area contributed by atoms with E-state index in [1.165, 1.54) is 28.8 Å². The average Bonchev–Trinajstić information content (AvgIpc) is 3.63. The number of halogens is 2. The maximum absolute atomic E-state index is 13.6. The van der Waals surface area contributed by atoms with Crippen LogP contribution in [-0.4, -0.2) is 36.4 Å². The van der Waals surface area contributed by atoms with E-state index in [-0.39, 0.29) is 28.0 Å². The number of fused-ring (bicyclic) bond motifs is 1. The van der Waals surface area contributed by atoms with Gasteiger partial charge in [0, 0.05) is 17.0 Å². The Morgan fingerprint density at radius 3 is 2.61 bits per heavy atom. The summed E-state index contributed by atoms with van der Waals surface area (Å²) in [7, 11) is 0. The Hall–Kier alpha value is -4.06. The standard InChI is InChI=1S/C29H21ClFN5O3S2/c1-15-5-4-12-35-16(2)22(32-26(15)35)24(37)21-23(18-6-3-7-19(30)13-18)36(27(39)25(21)38)28-33-34-29(41-28)40-14-17-8-10-20(31)11-9-17/h3-13,23,37H,14H2,1-2H3/b24-21+. The fraction of sp³-hybridized carbons (Fsp3) is 0.138. The van der Waals surface area contributed by atoms with Crippen LogP contribution in [0.5, 0.6) is 0 Å². The first kappa shape index (κ1) is 27.1. The molecule has 1 atom stereocenters. The molecule has 1 aliphatic heterocycles. The Bertz CT molecular complexity index is 1870. The molecule has 206 valence electrons. The smallest absolute Gasteiger partial charge is 0.301 e. The predicted molar refractivity (Wildman–Crippen MR) is 157 cm³/mol. The number of benzene rings is 2. The lowest BCUT2D eigenvalue weighted by molar-refractivity contribution is -0.132. The molecule has 0 spiro atoms. The van der Waals surface area contributed by atoms with Crippen molar-refractivity contribution in [3.05, 3.63) is 111 Å². The molecular formula is C29H21ClFN5O3S2. The van der Waals surface area contributed by atoms with Gasteiger partial charge >= 0.3 is 5.91 Å². The molecule has 0 aliphatic carbocycles. The summed E-state index contributed by atoms with van der Waals surface area (Å²) in [5, 5.41) is 20.6. The van der Waals surface area contributed by atoms with Crippen molar-refractivity contribution >= 4 is 62.9 Å². The molecule has 1 N–H and O–H groups in total. The maximum atomic E-state index is 13.6. The van der Waals surface area contributed by atoms with Crippen molar-refractivity contribution < 1.29 is 19.1 Å². The SMILES string of the molecule is Cc1cccn2c(C)c(/C(O)=C3\C(=O)C(=O)N(c4nnc(SCc5ccc(F)cc5)s4)C3c3cccc(Cl)c3)nc12. The molecule has 1 fully saturated rings. The number of imidazole rings is 1. The van der Waals surface area contributed by atoms with Crippen LogP contribution < -0.4 is 4.90 Å². The minimum Gasteiger partial charge on any atom is -0.505 e. The van der Waals surface area contributed by atoms with Gasteiger partial charge in [-0.05, 0) is 60.9 Å². The Morgan fingerprint density at radius 2 is 1.88 bits per heavy atom. The molecule has 1 aliphatic rings. The number of nitrogens with zero attached hydrogens (tertiary/aromatic N) is 5. The van der Waals surface area contributed by atoms with Crippen LogP contribution in [0.15, 0.2) is 76.8 Å². The number of hydrogen-bond donors (Lipinski definition) is 1. The quantitative estimate of drug-likeness (QED) is 0.0774.